The van der Waals surface area contributed by atoms with Crippen LogP contribution in [-0.2, 0) is 16.0 Å². The molecule has 1 atom stereocenters. The average Bonchev–Trinajstić information content (AvgIpc) is 2.86. The Bertz CT molecular complexity index is 522. The van der Waals surface area contributed by atoms with Crippen molar-refractivity contribution in [1.82, 2.24) is 10.2 Å². The van der Waals surface area contributed by atoms with Crippen molar-refractivity contribution < 1.29 is 23.9 Å². The lowest BCUT2D eigenvalue weighted by atomic mass is 10.1. The lowest BCUT2D eigenvalue weighted by Gasteiger charge is -2.31. The van der Waals surface area contributed by atoms with Crippen molar-refractivity contribution in [2.24, 2.45) is 0 Å². The van der Waals surface area contributed by atoms with E-state index in [0.29, 0.717) is 12.2 Å². The van der Waals surface area contributed by atoms with Crippen molar-refractivity contribution in [1.29, 1.82) is 0 Å². The van der Waals surface area contributed by atoms with Crippen LogP contribution in [0.4, 0.5) is 0 Å². The lowest BCUT2D eigenvalue weighted by Crippen LogP contribution is -2.59. The van der Waals surface area contributed by atoms with Crippen LogP contribution in [0.15, 0.2) is 16.5 Å². The van der Waals surface area contributed by atoms with Gasteiger partial charge in [0.15, 0.2) is 5.76 Å². The van der Waals surface area contributed by atoms with Gasteiger partial charge in [0.2, 0.25) is 5.91 Å². The van der Waals surface area contributed by atoms with Gasteiger partial charge in [0.1, 0.15) is 18.3 Å². The first kappa shape index (κ1) is 13.1. The van der Waals surface area contributed by atoms with Gasteiger partial charge in [0, 0.05) is 13.0 Å². The zero-order valence-electron chi connectivity index (χ0n) is 10.4. The second-order valence-corrected chi connectivity index (χ2v) is 4.21. The Morgan fingerprint density at radius 3 is 2.84 bits per heavy atom. The Labute approximate surface area is 109 Å². The lowest BCUT2D eigenvalue weighted by molar-refractivity contribution is -0.144. The van der Waals surface area contributed by atoms with E-state index in [1.807, 2.05) is 6.92 Å². The smallest absolute Gasteiger partial charge is 0.328 e. The Hall–Kier alpha value is -2.31. The number of amides is 2. The third-order valence-electron chi connectivity index (χ3n) is 2.95. The third-order valence-corrected chi connectivity index (χ3v) is 2.95. The van der Waals surface area contributed by atoms with Gasteiger partial charge in [-0.1, -0.05) is 6.92 Å². The normalized spacial score (nSPS) is 19.1. The second kappa shape index (κ2) is 5.13. The SMILES string of the molecule is CCc1ccc(C(=O)N2CC(=O)NCC2C(=O)O)o1. The van der Waals surface area contributed by atoms with Gasteiger partial charge < -0.3 is 19.7 Å². The quantitative estimate of drug-likeness (QED) is 0.793. The molecule has 1 aromatic heterocycles. The van der Waals surface area contributed by atoms with Gasteiger partial charge in [-0.15, -0.1) is 0 Å². The van der Waals surface area contributed by atoms with E-state index in [0.717, 1.165) is 4.90 Å². The molecule has 19 heavy (non-hydrogen) atoms. The van der Waals surface area contributed by atoms with E-state index >= 15 is 0 Å². The number of aliphatic carboxylic acids is 1. The highest BCUT2D eigenvalue weighted by molar-refractivity contribution is 5.98. The molecule has 7 nitrogen and oxygen atoms in total. The molecule has 1 aliphatic rings. The highest BCUT2D eigenvalue weighted by Gasteiger charge is 2.36. The van der Waals surface area contributed by atoms with Gasteiger partial charge >= 0.3 is 5.97 Å². The number of hydrogen-bond acceptors (Lipinski definition) is 4. The van der Waals surface area contributed by atoms with Gasteiger partial charge in [0.05, 0.1) is 0 Å². The highest BCUT2D eigenvalue weighted by Crippen LogP contribution is 2.14. The van der Waals surface area contributed by atoms with E-state index < -0.39 is 17.9 Å². The molecule has 2 rings (SSSR count). The first-order valence-corrected chi connectivity index (χ1v) is 5.92. The molecule has 7 heteroatoms. The number of nitrogens with one attached hydrogen (secondary N) is 1. The number of aryl methyl sites for hydroxylation is 1. The third kappa shape index (κ3) is 2.59. The summed E-state index contributed by atoms with van der Waals surface area (Å²) in [6.45, 7) is 1.50. The number of furan rings is 1. The first-order valence-electron chi connectivity index (χ1n) is 5.92. The molecule has 0 spiro atoms. The monoisotopic (exact) mass is 266 g/mol. The fourth-order valence-corrected chi connectivity index (χ4v) is 1.90. The largest absolute Gasteiger partial charge is 0.480 e. The minimum absolute atomic E-state index is 0.0535. The molecule has 1 aromatic rings. The van der Waals surface area contributed by atoms with Gasteiger partial charge in [-0.2, -0.15) is 0 Å². The van der Waals surface area contributed by atoms with Crippen LogP contribution in [0.25, 0.3) is 0 Å². The van der Waals surface area contributed by atoms with Crippen LogP contribution < -0.4 is 5.32 Å². The van der Waals surface area contributed by atoms with Crippen molar-refractivity contribution in [3.05, 3.63) is 23.7 Å². The fraction of sp³-hybridized carbons (Fsp3) is 0.417. The van der Waals surface area contributed by atoms with Crippen LogP contribution in [0.1, 0.15) is 23.2 Å². The Morgan fingerprint density at radius 2 is 2.26 bits per heavy atom. The minimum atomic E-state index is -1.16. The topological polar surface area (TPSA) is 99.9 Å². The molecule has 2 heterocycles. The van der Waals surface area contributed by atoms with Crippen LogP contribution in [0.5, 0.6) is 0 Å². The summed E-state index contributed by atoms with van der Waals surface area (Å²) in [6.07, 6.45) is 0.635. The van der Waals surface area contributed by atoms with Crippen molar-refractivity contribution in [2.75, 3.05) is 13.1 Å². The number of rotatable bonds is 3. The molecule has 102 valence electrons. The fourth-order valence-electron chi connectivity index (χ4n) is 1.90. The van der Waals surface area contributed by atoms with Crippen molar-refractivity contribution in [3.8, 4) is 0 Å². The molecular weight excluding hydrogens is 252 g/mol. The number of carbonyl (C=O) groups excluding carboxylic acids is 2. The Morgan fingerprint density at radius 1 is 1.53 bits per heavy atom. The summed E-state index contributed by atoms with van der Waals surface area (Å²) >= 11 is 0. The van der Waals surface area contributed by atoms with Crippen molar-refractivity contribution in [3.63, 3.8) is 0 Å². The zero-order valence-corrected chi connectivity index (χ0v) is 10.4. The molecule has 0 saturated carbocycles. The van der Waals surface area contributed by atoms with Gasteiger partial charge in [-0.05, 0) is 12.1 Å². The maximum Gasteiger partial charge on any atom is 0.328 e. The zero-order chi connectivity index (χ0) is 14.0. The number of carboxylic acids is 1. The summed E-state index contributed by atoms with van der Waals surface area (Å²) in [5.74, 6) is -1.43. The number of piperazine rings is 1. The summed E-state index contributed by atoms with van der Waals surface area (Å²) in [5.41, 5.74) is 0. The molecule has 0 aliphatic carbocycles. The number of carboxylic acid groups (broad SMARTS) is 1. The van der Waals surface area contributed by atoms with Crippen LogP contribution in [0.2, 0.25) is 0 Å². The van der Waals surface area contributed by atoms with E-state index in [4.69, 9.17) is 9.52 Å². The van der Waals surface area contributed by atoms with Crippen LogP contribution >= 0.6 is 0 Å². The maximum absolute atomic E-state index is 12.2. The van der Waals surface area contributed by atoms with Crippen molar-refractivity contribution in [2.45, 2.75) is 19.4 Å². The Kier molecular flexibility index (Phi) is 3.55. The molecule has 1 unspecified atom stereocenters. The van der Waals surface area contributed by atoms with Crippen LogP contribution in [0, 0.1) is 0 Å². The first-order chi connectivity index (χ1) is 9.02. The molecule has 0 radical (unpaired) electrons. The molecule has 2 N–H and O–H groups in total. The van der Waals surface area contributed by atoms with Gasteiger partial charge in [-0.25, -0.2) is 4.79 Å². The van der Waals surface area contributed by atoms with E-state index in [9.17, 15) is 14.4 Å². The highest BCUT2D eigenvalue weighted by atomic mass is 16.4. The minimum Gasteiger partial charge on any atom is -0.480 e. The van der Waals surface area contributed by atoms with Crippen LogP contribution in [0.3, 0.4) is 0 Å². The molecule has 2 amide bonds. The predicted molar refractivity (Wildman–Crippen MR) is 63.6 cm³/mol. The number of carbonyl (C=O) groups is 3. The number of hydrogen-bond donors (Lipinski definition) is 2. The average molecular weight is 266 g/mol. The van der Waals surface area contributed by atoms with Crippen LogP contribution in [-0.4, -0.2) is 46.9 Å². The summed E-state index contributed by atoms with van der Waals surface area (Å²) < 4.78 is 5.30. The molecule has 0 bridgehead atoms. The summed E-state index contributed by atoms with van der Waals surface area (Å²) in [6, 6.07) is 2.08. The van der Waals surface area contributed by atoms with Gasteiger partial charge in [-0.3, -0.25) is 9.59 Å². The molecule has 1 fully saturated rings. The van der Waals surface area contributed by atoms with Gasteiger partial charge in [0.25, 0.3) is 5.91 Å². The Balaban J connectivity index is 2.23. The van der Waals surface area contributed by atoms with Crippen molar-refractivity contribution >= 4 is 17.8 Å². The molecule has 0 aromatic carbocycles. The predicted octanol–water partition coefficient (Wildman–Crippen LogP) is -0.133. The molecular formula is C12H14N2O5. The summed E-state index contributed by atoms with van der Waals surface area (Å²) in [7, 11) is 0. The van der Waals surface area contributed by atoms with E-state index in [1.54, 1.807) is 6.07 Å². The molecule has 1 aliphatic heterocycles. The van der Waals surface area contributed by atoms with E-state index in [2.05, 4.69) is 5.32 Å². The van der Waals surface area contributed by atoms with E-state index in [1.165, 1.54) is 6.07 Å². The summed E-state index contributed by atoms with van der Waals surface area (Å²) in [5, 5.41) is 11.5. The standard InChI is InChI=1S/C12H14N2O5/c1-2-7-3-4-9(19-7)11(16)14-6-10(15)13-5-8(14)12(17)18/h3-4,8H,2,5-6H2,1H3,(H,13,15)(H,17,18). The number of nitrogens with zero attached hydrogens (tertiary/aromatic N) is 1. The summed E-state index contributed by atoms with van der Waals surface area (Å²) in [4.78, 5) is 35.6. The maximum atomic E-state index is 12.2. The van der Waals surface area contributed by atoms with E-state index in [-0.39, 0.29) is 24.8 Å². The second-order valence-electron chi connectivity index (χ2n) is 4.21. The molecule has 1 saturated heterocycles.